The molecule has 3 nitrogen and oxygen atoms in total. The molecule has 1 aliphatic heterocycles. The molecule has 1 saturated heterocycles. The molecule has 0 aliphatic carbocycles. The molecule has 0 aromatic heterocycles. The molecule has 1 atom stereocenters. The van der Waals surface area contributed by atoms with Crippen LogP contribution in [0.4, 0.5) is 5.69 Å². The zero-order valence-electron chi connectivity index (χ0n) is 15.2. The topological polar surface area (TPSA) is 27.6 Å². The van der Waals surface area contributed by atoms with E-state index in [0.29, 0.717) is 6.04 Å². The molecule has 0 saturated carbocycles. The average molecular weight is 335 g/mol. The Kier molecular flexibility index (Phi) is 6.78. The summed E-state index contributed by atoms with van der Waals surface area (Å²) in [5.41, 5.74) is 3.52. The van der Waals surface area contributed by atoms with Gasteiger partial charge in [0.2, 0.25) is 0 Å². The molecule has 0 bridgehead atoms. The molecule has 2 aromatic carbocycles. The predicted octanol–water partition coefficient (Wildman–Crippen LogP) is 4.40. The maximum Gasteiger partial charge on any atom is 0.0630 e. The van der Waals surface area contributed by atoms with E-state index in [1.54, 1.807) is 0 Å². The lowest BCUT2D eigenvalue weighted by Crippen LogP contribution is -2.50. The number of rotatable bonds is 7. The van der Waals surface area contributed by atoms with Gasteiger partial charge in [0.1, 0.15) is 0 Å². The summed E-state index contributed by atoms with van der Waals surface area (Å²) in [6.45, 7) is 6.68. The fourth-order valence-electron chi connectivity index (χ4n) is 3.35. The number of benzene rings is 2. The molecular formula is C22H29N3. The van der Waals surface area contributed by atoms with Gasteiger partial charge in [-0.25, -0.2) is 0 Å². The van der Waals surface area contributed by atoms with Crippen molar-refractivity contribution in [3.63, 3.8) is 0 Å². The maximum absolute atomic E-state index is 4.57. The smallest absolute Gasteiger partial charge is 0.0630 e. The van der Waals surface area contributed by atoms with Gasteiger partial charge in [0, 0.05) is 38.4 Å². The van der Waals surface area contributed by atoms with Crippen LogP contribution in [-0.4, -0.2) is 36.8 Å². The van der Waals surface area contributed by atoms with Gasteiger partial charge in [-0.05, 0) is 29.7 Å². The number of piperazine rings is 1. The van der Waals surface area contributed by atoms with Crippen molar-refractivity contribution in [3.05, 3.63) is 65.7 Å². The van der Waals surface area contributed by atoms with E-state index in [4.69, 9.17) is 0 Å². The van der Waals surface area contributed by atoms with Crippen LogP contribution in [-0.2, 0) is 6.54 Å². The lowest BCUT2D eigenvalue weighted by Gasteiger charge is -2.36. The summed E-state index contributed by atoms with van der Waals surface area (Å²) in [5, 5.41) is 3.54. The molecule has 1 unspecified atom stereocenters. The summed E-state index contributed by atoms with van der Waals surface area (Å²) in [6, 6.07) is 19.6. The number of nitrogens with zero attached hydrogens (tertiary/aromatic N) is 2. The summed E-state index contributed by atoms with van der Waals surface area (Å²) in [6.07, 6.45) is 5.81. The molecule has 25 heavy (non-hydrogen) atoms. The molecule has 3 rings (SSSR count). The molecule has 0 amide bonds. The minimum atomic E-state index is 0.671. The maximum atomic E-state index is 4.57. The van der Waals surface area contributed by atoms with Crippen LogP contribution in [0.5, 0.6) is 0 Å². The Balaban J connectivity index is 1.59. The molecule has 0 spiro atoms. The van der Waals surface area contributed by atoms with E-state index < -0.39 is 0 Å². The van der Waals surface area contributed by atoms with Crippen LogP contribution in [0.25, 0.3) is 0 Å². The first-order chi connectivity index (χ1) is 12.3. The number of hydrogen-bond donors (Lipinski definition) is 1. The van der Waals surface area contributed by atoms with Crippen molar-refractivity contribution in [1.29, 1.82) is 0 Å². The molecule has 3 heteroatoms. The van der Waals surface area contributed by atoms with E-state index in [2.05, 4.69) is 58.5 Å². The zero-order valence-corrected chi connectivity index (χ0v) is 15.2. The summed E-state index contributed by atoms with van der Waals surface area (Å²) in [5.74, 6) is 0. The Labute approximate surface area is 151 Å². The first-order valence-corrected chi connectivity index (χ1v) is 9.48. The monoisotopic (exact) mass is 335 g/mol. The van der Waals surface area contributed by atoms with E-state index in [1.807, 2.05) is 24.4 Å². The molecule has 132 valence electrons. The SMILES string of the molecule is CCCCC1CNCCN1Cc1ccc(N=Cc2ccccc2)cc1. The van der Waals surface area contributed by atoms with Crippen LogP contribution in [0.3, 0.4) is 0 Å². The van der Waals surface area contributed by atoms with Crippen molar-refractivity contribution in [2.75, 3.05) is 19.6 Å². The third-order valence-electron chi connectivity index (χ3n) is 4.85. The van der Waals surface area contributed by atoms with Gasteiger partial charge in [-0.3, -0.25) is 9.89 Å². The van der Waals surface area contributed by atoms with Crippen molar-refractivity contribution < 1.29 is 0 Å². The molecule has 1 fully saturated rings. The van der Waals surface area contributed by atoms with Gasteiger partial charge in [-0.15, -0.1) is 0 Å². The standard InChI is InChI=1S/C22H29N3/c1-2-3-9-22-17-23-14-15-25(22)18-20-10-12-21(13-11-20)24-16-19-7-5-4-6-8-19/h4-8,10-13,16,22-23H,2-3,9,14-15,17-18H2,1H3. The van der Waals surface area contributed by atoms with Gasteiger partial charge in [0.25, 0.3) is 0 Å². The minimum absolute atomic E-state index is 0.671. The van der Waals surface area contributed by atoms with E-state index >= 15 is 0 Å². The molecule has 1 N–H and O–H groups in total. The van der Waals surface area contributed by atoms with E-state index in [9.17, 15) is 0 Å². The van der Waals surface area contributed by atoms with Crippen molar-refractivity contribution >= 4 is 11.9 Å². The quantitative estimate of drug-likeness (QED) is 0.759. The largest absolute Gasteiger partial charge is 0.314 e. The third kappa shape index (κ3) is 5.52. The van der Waals surface area contributed by atoms with Gasteiger partial charge in [0.05, 0.1) is 5.69 Å². The van der Waals surface area contributed by atoms with Crippen LogP contribution in [0, 0.1) is 0 Å². The summed E-state index contributed by atoms with van der Waals surface area (Å²) < 4.78 is 0. The lowest BCUT2D eigenvalue weighted by molar-refractivity contribution is 0.143. The first-order valence-electron chi connectivity index (χ1n) is 9.48. The highest BCUT2D eigenvalue weighted by Gasteiger charge is 2.21. The number of hydrogen-bond acceptors (Lipinski definition) is 3. The second kappa shape index (κ2) is 9.50. The van der Waals surface area contributed by atoms with Crippen molar-refractivity contribution in [3.8, 4) is 0 Å². The summed E-state index contributed by atoms with van der Waals surface area (Å²) in [7, 11) is 0. The van der Waals surface area contributed by atoms with E-state index in [0.717, 1.165) is 37.4 Å². The van der Waals surface area contributed by atoms with Gasteiger partial charge in [-0.1, -0.05) is 62.2 Å². The van der Waals surface area contributed by atoms with Crippen molar-refractivity contribution in [2.24, 2.45) is 4.99 Å². The van der Waals surface area contributed by atoms with Crippen LogP contribution in [0.1, 0.15) is 37.3 Å². The molecule has 1 heterocycles. The highest BCUT2D eigenvalue weighted by atomic mass is 15.2. The number of aliphatic imine (C=N–C) groups is 1. The zero-order chi connectivity index (χ0) is 17.3. The van der Waals surface area contributed by atoms with Gasteiger partial charge in [-0.2, -0.15) is 0 Å². The Morgan fingerprint density at radius 1 is 1.12 bits per heavy atom. The van der Waals surface area contributed by atoms with Crippen LogP contribution in [0.15, 0.2) is 59.6 Å². The number of unbranched alkanes of at least 4 members (excludes halogenated alkanes) is 1. The van der Waals surface area contributed by atoms with Gasteiger partial charge < -0.3 is 5.32 Å². The predicted molar refractivity (Wildman–Crippen MR) is 107 cm³/mol. The lowest BCUT2D eigenvalue weighted by atomic mass is 10.0. The number of nitrogens with one attached hydrogen (secondary N) is 1. The van der Waals surface area contributed by atoms with E-state index in [1.165, 1.54) is 24.8 Å². The van der Waals surface area contributed by atoms with Gasteiger partial charge >= 0.3 is 0 Å². The second-order valence-corrected chi connectivity index (χ2v) is 6.81. The Morgan fingerprint density at radius 2 is 1.92 bits per heavy atom. The van der Waals surface area contributed by atoms with Gasteiger partial charge in [0.15, 0.2) is 0 Å². The van der Waals surface area contributed by atoms with Crippen LogP contribution in [0.2, 0.25) is 0 Å². The van der Waals surface area contributed by atoms with Crippen LogP contribution >= 0.6 is 0 Å². The molecule has 1 aliphatic rings. The first kappa shape index (κ1) is 17.8. The van der Waals surface area contributed by atoms with Crippen molar-refractivity contribution in [2.45, 2.75) is 38.8 Å². The molecule has 0 radical (unpaired) electrons. The normalized spacial score (nSPS) is 18.7. The van der Waals surface area contributed by atoms with Crippen molar-refractivity contribution in [1.82, 2.24) is 10.2 Å². The van der Waals surface area contributed by atoms with E-state index in [-0.39, 0.29) is 0 Å². The summed E-state index contributed by atoms with van der Waals surface area (Å²) in [4.78, 5) is 7.20. The summed E-state index contributed by atoms with van der Waals surface area (Å²) >= 11 is 0. The molecular weight excluding hydrogens is 306 g/mol. The average Bonchev–Trinajstić information content (AvgIpc) is 2.67. The minimum Gasteiger partial charge on any atom is -0.314 e. The Bertz CT molecular complexity index is 649. The second-order valence-electron chi connectivity index (χ2n) is 6.81. The Morgan fingerprint density at radius 3 is 2.68 bits per heavy atom. The third-order valence-corrected chi connectivity index (χ3v) is 4.85. The highest BCUT2D eigenvalue weighted by molar-refractivity contribution is 5.81. The highest BCUT2D eigenvalue weighted by Crippen LogP contribution is 2.18. The Hall–Kier alpha value is -1.97. The fourth-order valence-corrected chi connectivity index (χ4v) is 3.35. The van der Waals surface area contributed by atoms with Crippen LogP contribution < -0.4 is 5.32 Å². The fraction of sp³-hybridized carbons (Fsp3) is 0.409. The molecule has 2 aromatic rings.